The van der Waals surface area contributed by atoms with Crippen molar-refractivity contribution in [3.63, 3.8) is 0 Å². The monoisotopic (exact) mass is 398 g/mol. The minimum Gasteiger partial charge on any atom is -0.497 e. The standard InChI is InChI=1S/C19H18N4O4S/c1-3-19(13-4-6-14(26-2)7-5-13)17(24)23(18(25)21-19)10-15-20-16(22-27-15)12-8-9-28-11-12/h4-9,11H,3,10H2,1-2H3,(H,21,25). The van der Waals surface area contributed by atoms with E-state index in [9.17, 15) is 9.59 Å². The van der Waals surface area contributed by atoms with E-state index in [0.717, 1.165) is 10.5 Å². The van der Waals surface area contributed by atoms with Crippen LogP contribution >= 0.6 is 11.3 Å². The third kappa shape index (κ3) is 2.93. The summed E-state index contributed by atoms with van der Waals surface area (Å²) in [7, 11) is 1.57. The first-order chi connectivity index (χ1) is 13.6. The number of carbonyl (C=O) groups is 2. The van der Waals surface area contributed by atoms with E-state index in [0.29, 0.717) is 23.6 Å². The van der Waals surface area contributed by atoms with Crippen LogP contribution in [-0.2, 0) is 16.9 Å². The molecule has 3 heterocycles. The van der Waals surface area contributed by atoms with Crippen LogP contribution in [0, 0.1) is 0 Å². The number of imide groups is 1. The van der Waals surface area contributed by atoms with Crippen molar-refractivity contribution in [2.45, 2.75) is 25.4 Å². The van der Waals surface area contributed by atoms with Crippen molar-refractivity contribution in [3.05, 3.63) is 52.5 Å². The van der Waals surface area contributed by atoms with E-state index in [1.807, 2.05) is 23.8 Å². The molecule has 1 aliphatic heterocycles. The molecule has 1 N–H and O–H groups in total. The van der Waals surface area contributed by atoms with Crippen molar-refractivity contribution in [1.82, 2.24) is 20.4 Å². The zero-order valence-electron chi connectivity index (χ0n) is 15.3. The Morgan fingerprint density at radius 2 is 2.04 bits per heavy atom. The number of ether oxygens (including phenoxy) is 1. The van der Waals surface area contributed by atoms with Gasteiger partial charge >= 0.3 is 6.03 Å². The molecule has 2 aromatic heterocycles. The molecule has 1 aromatic carbocycles. The maximum Gasteiger partial charge on any atom is 0.325 e. The van der Waals surface area contributed by atoms with Crippen LogP contribution in [0.5, 0.6) is 5.75 Å². The SMILES string of the molecule is CCC1(c2ccc(OC)cc2)NC(=O)N(Cc2nc(-c3ccsc3)no2)C1=O. The van der Waals surface area contributed by atoms with Crippen LogP contribution in [0.4, 0.5) is 4.79 Å². The predicted octanol–water partition coefficient (Wildman–Crippen LogP) is 3.16. The molecule has 0 bridgehead atoms. The second-order valence-electron chi connectivity index (χ2n) is 6.33. The summed E-state index contributed by atoms with van der Waals surface area (Å²) in [6, 6.07) is 8.48. The van der Waals surface area contributed by atoms with Gasteiger partial charge in [-0.3, -0.25) is 9.69 Å². The highest BCUT2D eigenvalue weighted by atomic mass is 32.1. The Bertz CT molecular complexity index is 999. The summed E-state index contributed by atoms with van der Waals surface area (Å²) in [6.45, 7) is 1.77. The van der Waals surface area contributed by atoms with Crippen LogP contribution in [0.3, 0.4) is 0 Å². The van der Waals surface area contributed by atoms with Gasteiger partial charge in [-0.1, -0.05) is 24.2 Å². The lowest BCUT2D eigenvalue weighted by Gasteiger charge is -2.25. The van der Waals surface area contributed by atoms with E-state index in [4.69, 9.17) is 9.26 Å². The number of aromatic nitrogens is 2. The Hall–Kier alpha value is -3.20. The summed E-state index contributed by atoms with van der Waals surface area (Å²) in [6.07, 6.45) is 0.407. The first-order valence-corrected chi connectivity index (χ1v) is 9.65. The van der Waals surface area contributed by atoms with E-state index < -0.39 is 11.6 Å². The maximum atomic E-state index is 13.2. The van der Waals surface area contributed by atoms with Crippen LogP contribution in [-0.4, -0.2) is 34.1 Å². The van der Waals surface area contributed by atoms with Gasteiger partial charge in [0.05, 0.1) is 7.11 Å². The molecule has 9 heteroatoms. The highest BCUT2D eigenvalue weighted by Crippen LogP contribution is 2.34. The average molecular weight is 398 g/mol. The first-order valence-electron chi connectivity index (χ1n) is 8.71. The summed E-state index contributed by atoms with van der Waals surface area (Å²) < 4.78 is 10.4. The maximum absolute atomic E-state index is 13.2. The molecule has 0 radical (unpaired) electrons. The Morgan fingerprint density at radius 3 is 2.68 bits per heavy atom. The van der Waals surface area contributed by atoms with E-state index in [1.165, 1.54) is 11.3 Å². The molecule has 0 aliphatic carbocycles. The highest BCUT2D eigenvalue weighted by Gasteiger charge is 2.51. The van der Waals surface area contributed by atoms with Gasteiger partial charge in [0.15, 0.2) is 0 Å². The van der Waals surface area contributed by atoms with Crippen molar-refractivity contribution >= 4 is 23.3 Å². The summed E-state index contributed by atoms with van der Waals surface area (Å²) in [5.74, 6) is 0.961. The number of rotatable bonds is 6. The van der Waals surface area contributed by atoms with E-state index in [2.05, 4.69) is 15.5 Å². The molecule has 1 fully saturated rings. The fraction of sp³-hybridized carbons (Fsp3) is 0.263. The molecule has 8 nitrogen and oxygen atoms in total. The van der Waals surface area contributed by atoms with Gasteiger partial charge in [0, 0.05) is 10.9 Å². The lowest BCUT2D eigenvalue weighted by atomic mass is 9.87. The number of thiophene rings is 1. The first kappa shape index (κ1) is 18.2. The van der Waals surface area contributed by atoms with E-state index in [-0.39, 0.29) is 18.3 Å². The molecule has 3 aromatic rings. The number of carbonyl (C=O) groups excluding carboxylic acids is 2. The molecule has 3 amide bonds. The Morgan fingerprint density at radius 1 is 1.25 bits per heavy atom. The van der Waals surface area contributed by atoms with Crippen molar-refractivity contribution in [1.29, 1.82) is 0 Å². The molecular formula is C19H18N4O4S. The summed E-state index contributed by atoms with van der Waals surface area (Å²) in [4.78, 5) is 31.2. The second kappa shape index (κ2) is 7.08. The number of amides is 3. The smallest absolute Gasteiger partial charge is 0.325 e. The molecule has 28 heavy (non-hydrogen) atoms. The molecule has 144 valence electrons. The fourth-order valence-corrected chi connectivity index (χ4v) is 3.88. The molecule has 0 spiro atoms. The number of nitrogens with zero attached hydrogens (tertiary/aromatic N) is 3. The van der Waals surface area contributed by atoms with Gasteiger partial charge in [0.1, 0.15) is 17.8 Å². The fourth-order valence-electron chi connectivity index (χ4n) is 3.25. The van der Waals surface area contributed by atoms with Gasteiger partial charge < -0.3 is 14.6 Å². The van der Waals surface area contributed by atoms with Crippen molar-refractivity contribution < 1.29 is 18.8 Å². The zero-order chi connectivity index (χ0) is 19.7. The lowest BCUT2D eigenvalue weighted by molar-refractivity contribution is -0.132. The third-order valence-electron chi connectivity index (χ3n) is 4.83. The van der Waals surface area contributed by atoms with Gasteiger partial charge in [-0.2, -0.15) is 16.3 Å². The Labute approximate surface area is 165 Å². The van der Waals surface area contributed by atoms with Crippen LogP contribution < -0.4 is 10.1 Å². The zero-order valence-corrected chi connectivity index (χ0v) is 16.2. The Balaban J connectivity index is 1.59. The van der Waals surface area contributed by atoms with Gasteiger partial charge in [-0.15, -0.1) is 0 Å². The minimum atomic E-state index is -1.13. The van der Waals surface area contributed by atoms with E-state index >= 15 is 0 Å². The van der Waals surface area contributed by atoms with Gasteiger partial charge in [0.25, 0.3) is 5.91 Å². The van der Waals surface area contributed by atoms with Crippen molar-refractivity contribution in [2.24, 2.45) is 0 Å². The third-order valence-corrected chi connectivity index (χ3v) is 5.51. The van der Waals surface area contributed by atoms with Crippen LogP contribution in [0.1, 0.15) is 24.8 Å². The topological polar surface area (TPSA) is 97.6 Å². The van der Waals surface area contributed by atoms with Crippen molar-refractivity contribution in [2.75, 3.05) is 7.11 Å². The van der Waals surface area contributed by atoms with Gasteiger partial charge in [-0.05, 0) is 35.6 Å². The normalized spacial score (nSPS) is 19.1. The molecule has 1 aliphatic rings. The number of methoxy groups -OCH3 is 1. The second-order valence-corrected chi connectivity index (χ2v) is 7.11. The molecular weight excluding hydrogens is 380 g/mol. The number of nitrogens with one attached hydrogen (secondary N) is 1. The number of benzene rings is 1. The average Bonchev–Trinajstić information content (AvgIpc) is 3.45. The largest absolute Gasteiger partial charge is 0.497 e. The molecule has 4 rings (SSSR count). The van der Waals surface area contributed by atoms with Crippen LogP contribution in [0.15, 0.2) is 45.6 Å². The summed E-state index contributed by atoms with van der Waals surface area (Å²) >= 11 is 1.52. The number of hydrogen-bond acceptors (Lipinski definition) is 7. The quantitative estimate of drug-likeness (QED) is 0.641. The summed E-state index contributed by atoms with van der Waals surface area (Å²) in [5, 5.41) is 10.6. The van der Waals surface area contributed by atoms with E-state index in [1.54, 1.807) is 31.4 Å². The molecule has 1 saturated heterocycles. The van der Waals surface area contributed by atoms with Gasteiger partial charge in [-0.25, -0.2) is 4.79 Å². The summed E-state index contributed by atoms with van der Waals surface area (Å²) in [5.41, 5.74) is 0.402. The highest BCUT2D eigenvalue weighted by molar-refractivity contribution is 7.08. The lowest BCUT2D eigenvalue weighted by Crippen LogP contribution is -2.43. The minimum absolute atomic E-state index is 0.0836. The predicted molar refractivity (Wildman–Crippen MR) is 102 cm³/mol. The van der Waals surface area contributed by atoms with Gasteiger partial charge in [0.2, 0.25) is 11.7 Å². The number of urea groups is 1. The molecule has 1 atom stereocenters. The van der Waals surface area contributed by atoms with Crippen LogP contribution in [0.2, 0.25) is 0 Å². The number of hydrogen-bond donors (Lipinski definition) is 1. The molecule has 0 saturated carbocycles. The molecule has 1 unspecified atom stereocenters. The van der Waals surface area contributed by atoms with Crippen molar-refractivity contribution in [3.8, 4) is 17.1 Å². The Kier molecular flexibility index (Phi) is 4.60. The van der Waals surface area contributed by atoms with Crippen LogP contribution in [0.25, 0.3) is 11.4 Å².